The van der Waals surface area contributed by atoms with Gasteiger partial charge in [-0.15, -0.1) is 0 Å². The largest absolute Gasteiger partial charge is 0.379 e. The maximum Gasteiger partial charge on any atom is 0.267 e. The van der Waals surface area contributed by atoms with Gasteiger partial charge in [0.1, 0.15) is 11.6 Å². The lowest BCUT2D eigenvalue weighted by Crippen LogP contribution is -2.40. The number of benzene rings is 2. The second-order valence-corrected chi connectivity index (χ2v) is 9.53. The average molecular weight is 504 g/mol. The Labute approximate surface area is 202 Å². The lowest BCUT2D eigenvalue weighted by atomic mass is 10.2. The summed E-state index contributed by atoms with van der Waals surface area (Å²) in [6.07, 6.45) is 1.15. The summed E-state index contributed by atoms with van der Waals surface area (Å²) in [7, 11) is -3.75. The molecule has 0 radical (unpaired) electrons. The molecule has 0 atom stereocenters. The lowest BCUT2D eigenvalue weighted by Gasteiger charge is -2.26. The fraction of sp³-hybridized carbons (Fsp3) is 0.227. The van der Waals surface area contributed by atoms with Crippen molar-refractivity contribution in [3.8, 4) is 6.07 Å². The Morgan fingerprint density at radius 3 is 2.29 bits per heavy atom. The molecular formula is C22H22ClN5O5S. The highest BCUT2D eigenvalue weighted by Crippen LogP contribution is 2.27. The van der Waals surface area contributed by atoms with Gasteiger partial charge in [-0.2, -0.15) is 9.57 Å². The van der Waals surface area contributed by atoms with Crippen LogP contribution in [0.25, 0.3) is 0 Å². The van der Waals surface area contributed by atoms with E-state index in [1.54, 1.807) is 30.3 Å². The summed E-state index contributed by atoms with van der Waals surface area (Å²) < 4.78 is 32.3. The number of ether oxygens (including phenoxy) is 1. The molecule has 0 bridgehead atoms. The van der Waals surface area contributed by atoms with Crippen LogP contribution < -0.4 is 16.0 Å². The molecule has 34 heavy (non-hydrogen) atoms. The fourth-order valence-electron chi connectivity index (χ4n) is 3.05. The Hall–Kier alpha value is -3.43. The molecule has 1 heterocycles. The van der Waals surface area contributed by atoms with Crippen LogP contribution in [0.1, 0.15) is 6.92 Å². The normalized spacial score (nSPS) is 14.7. The molecule has 0 aliphatic carbocycles. The third-order valence-corrected chi connectivity index (χ3v) is 6.97. The molecule has 10 nitrogen and oxygen atoms in total. The van der Waals surface area contributed by atoms with E-state index in [2.05, 4.69) is 16.0 Å². The highest BCUT2D eigenvalue weighted by Gasteiger charge is 2.26. The van der Waals surface area contributed by atoms with Crippen molar-refractivity contribution in [3.05, 3.63) is 59.3 Å². The number of halogens is 1. The van der Waals surface area contributed by atoms with E-state index in [1.165, 1.54) is 29.4 Å². The Morgan fingerprint density at radius 2 is 1.71 bits per heavy atom. The quantitative estimate of drug-likeness (QED) is 0.389. The van der Waals surface area contributed by atoms with Crippen molar-refractivity contribution >= 4 is 50.5 Å². The molecule has 1 saturated heterocycles. The van der Waals surface area contributed by atoms with E-state index in [4.69, 9.17) is 16.3 Å². The fourth-order valence-corrected chi connectivity index (χ4v) is 4.66. The molecule has 1 fully saturated rings. The van der Waals surface area contributed by atoms with Crippen LogP contribution in [-0.4, -0.2) is 50.8 Å². The number of hydrogen-bond acceptors (Lipinski definition) is 7. The number of nitriles is 1. The first kappa shape index (κ1) is 25.2. The van der Waals surface area contributed by atoms with Crippen LogP contribution in [0.4, 0.5) is 17.1 Å². The Kier molecular flexibility index (Phi) is 8.25. The van der Waals surface area contributed by atoms with Gasteiger partial charge in [0, 0.05) is 37.6 Å². The van der Waals surface area contributed by atoms with Crippen molar-refractivity contribution in [2.24, 2.45) is 0 Å². The van der Waals surface area contributed by atoms with E-state index in [0.29, 0.717) is 24.6 Å². The van der Waals surface area contributed by atoms with Crippen molar-refractivity contribution < 1.29 is 22.7 Å². The molecule has 1 aliphatic rings. The van der Waals surface area contributed by atoms with Gasteiger partial charge >= 0.3 is 0 Å². The van der Waals surface area contributed by atoms with Gasteiger partial charge in [-0.05, 0) is 42.5 Å². The number of morpholine rings is 1. The summed E-state index contributed by atoms with van der Waals surface area (Å²) in [6.45, 7) is 2.51. The SMILES string of the molecule is CC(=O)Nc1ccc(NC(=O)/C(C#N)=C\Nc2cc(S(=O)(=O)N3CCOCC3)ccc2Cl)cc1. The number of hydrogen-bond donors (Lipinski definition) is 3. The molecule has 0 aromatic heterocycles. The number of anilines is 3. The van der Waals surface area contributed by atoms with Gasteiger partial charge in [-0.25, -0.2) is 8.42 Å². The van der Waals surface area contributed by atoms with E-state index in [1.807, 2.05) is 0 Å². The molecular weight excluding hydrogens is 482 g/mol. The van der Waals surface area contributed by atoms with Crippen LogP contribution in [0, 0.1) is 11.3 Å². The summed E-state index contributed by atoms with van der Waals surface area (Å²) in [6, 6.07) is 12.3. The maximum absolute atomic E-state index is 12.9. The molecule has 3 N–H and O–H groups in total. The van der Waals surface area contributed by atoms with E-state index >= 15 is 0 Å². The molecule has 1 aliphatic heterocycles. The molecule has 2 amide bonds. The number of sulfonamides is 1. The van der Waals surface area contributed by atoms with E-state index in [9.17, 15) is 23.3 Å². The number of carbonyl (C=O) groups is 2. The summed E-state index contributed by atoms with van der Waals surface area (Å²) in [4.78, 5) is 23.6. The molecule has 178 valence electrons. The van der Waals surface area contributed by atoms with Crippen LogP contribution in [-0.2, 0) is 24.3 Å². The van der Waals surface area contributed by atoms with Gasteiger partial charge < -0.3 is 20.7 Å². The zero-order chi connectivity index (χ0) is 24.7. The second-order valence-electron chi connectivity index (χ2n) is 7.18. The van der Waals surface area contributed by atoms with E-state index < -0.39 is 15.9 Å². The minimum atomic E-state index is -3.75. The Morgan fingerprint density at radius 1 is 1.09 bits per heavy atom. The van der Waals surface area contributed by atoms with Crippen LogP contribution in [0.5, 0.6) is 0 Å². The number of carbonyl (C=O) groups excluding carboxylic acids is 2. The van der Waals surface area contributed by atoms with Crippen molar-refractivity contribution in [2.75, 3.05) is 42.3 Å². The summed E-state index contributed by atoms with van der Waals surface area (Å²) in [5, 5.41) is 17.5. The standard InChI is InChI=1S/C22H22ClN5O5S/c1-15(29)26-17-2-4-18(5-3-17)27-22(30)16(13-24)14-25-21-12-19(6-7-20(21)23)34(31,32)28-8-10-33-11-9-28/h2-7,12,14,25H,8-11H2,1H3,(H,26,29)(H,27,30)/b16-14-. The number of rotatable bonds is 7. The highest BCUT2D eigenvalue weighted by molar-refractivity contribution is 7.89. The topological polar surface area (TPSA) is 141 Å². The van der Waals surface area contributed by atoms with Gasteiger partial charge in [0.25, 0.3) is 5.91 Å². The highest BCUT2D eigenvalue weighted by atomic mass is 35.5. The minimum absolute atomic E-state index is 0.0249. The lowest BCUT2D eigenvalue weighted by molar-refractivity contribution is -0.114. The number of nitrogens with zero attached hydrogens (tertiary/aromatic N) is 2. The van der Waals surface area contributed by atoms with Crippen molar-refractivity contribution in [3.63, 3.8) is 0 Å². The van der Waals surface area contributed by atoms with Crippen LogP contribution in [0.2, 0.25) is 5.02 Å². The molecule has 0 spiro atoms. The zero-order valence-electron chi connectivity index (χ0n) is 18.2. The second kappa shape index (κ2) is 11.1. The zero-order valence-corrected chi connectivity index (χ0v) is 19.7. The molecule has 2 aromatic carbocycles. The summed E-state index contributed by atoms with van der Waals surface area (Å²) >= 11 is 6.19. The van der Waals surface area contributed by atoms with Crippen molar-refractivity contribution in [2.45, 2.75) is 11.8 Å². The monoisotopic (exact) mass is 503 g/mol. The smallest absolute Gasteiger partial charge is 0.267 e. The third-order valence-electron chi connectivity index (χ3n) is 4.75. The van der Waals surface area contributed by atoms with Crippen molar-refractivity contribution in [1.29, 1.82) is 5.26 Å². The maximum atomic E-state index is 12.9. The third kappa shape index (κ3) is 6.33. The van der Waals surface area contributed by atoms with E-state index in [-0.39, 0.29) is 40.2 Å². The van der Waals surface area contributed by atoms with E-state index in [0.717, 1.165) is 6.20 Å². The van der Waals surface area contributed by atoms with Crippen LogP contribution in [0.3, 0.4) is 0 Å². The Balaban J connectivity index is 1.73. The molecule has 0 saturated carbocycles. The summed E-state index contributed by atoms with van der Waals surface area (Å²) in [5.41, 5.74) is 0.932. The summed E-state index contributed by atoms with van der Waals surface area (Å²) in [5.74, 6) is -0.909. The molecule has 0 unspecified atom stereocenters. The first-order valence-corrected chi connectivity index (χ1v) is 12.0. The molecule has 2 aromatic rings. The predicted molar refractivity (Wildman–Crippen MR) is 128 cm³/mol. The molecule has 12 heteroatoms. The first-order chi connectivity index (χ1) is 16.2. The van der Waals surface area contributed by atoms with Gasteiger partial charge in [0.05, 0.1) is 28.8 Å². The number of nitrogens with one attached hydrogen (secondary N) is 3. The van der Waals surface area contributed by atoms with Gasteiger partial charge in [-0.1, -0.05) is 11.6 Å². The predicted octanol–water partition coefficient (Wildman–Crippen LogP) is 2.78. The van der Waals surface area contributed by atoms with Crippen LogP contribution in [0.15, 0.2) is 59.1 Å². The van der Waals surface area contributed by atoms with Gasteiger partial charge in [-0.3, -0.25) is 9.59 Å². The van der Waals surface area contributed by atoms with Gasteiger partial charge in [0.15, 0.2) is 0 Å². The van der Waals surface area contributed by atoms with Crippen LogP contribution >= 0.6 is 11.6 Å². The number of amides is 2. The molecule has 3 rings (SSSR count). The van der Waals surface area contributed by atoms with Gasteiger partial charge in [0.2, 0.25) is 15.9 Å². The van der Waals surface area contributed by atoms with Crippen molar-refractivity contribution in [1.82, 2.24) is 4.31 Å². The average Bonchev–Trinajstić information content (AvgIpc) is 2.82. The Bertz CT molecular complexity index is 1250. The first-order valence-electron chi connectivity index (χ1n) is 10.1. The minimum Gasteiger partial charge on any atom is -0.379 e.